The Morgan fingerprint density at radius 2 is 0.837 bits per heavy atom. The van der Waals surface area contributed by atoms with E-state index in [1.165, 1.54) is 0 Å². The van der Waals surface area contributed by atoms with Crippen LogP contribution in [-0.4, -0.2) is 141 Å². The fourth-order valence-corrected chi connectivity index (χ4v) is 17.0. The summed E-state index contributed by atoms with van der Waals surface area (Å²) in [6, 6.07) is 3.02. The lowest BCUT2D eigenvalue weighted by Crippen LogP contribution is -2.51. The highest BCUT2D eigenvalue weighted by atomic mass is 33.1. The Bertz CT molecular complexity index is 736. The van der Waals surface area contributed by atoms with Gasteiger partial charge in [-0.05, 0) is 80.3 Å². The van der Waals surface area contributed by atoms with Gasteiger partial charge in [0.05, 0.1) is 12.7 Å². The average molecular weight is 814 g/mol. The molecule has 1 N–H and O–H groups in total. The van der Waals surface area contributed by atoms with Gasteiger partial charge in [-0.3, -0.25) is 0 Å². The summed E-state index contributed by atoms with van der Waals surface area (Å²) in [6.07, 6.45) is 3.42. The van der Waals surface area contributed by atoms with Crippen molar-refractivity contribution in [2.45, 2.75) is 97.5 Å². The predicted molar refractivity (Wildman–Crippen MR) is 208 cm³/mol. The molecule has 0 spiro atoms. The zero-order chi connectivity index (χ0) is 36.9. The van der Waals surface area contributed by atoms with Gasteiger partial charge in [0, 0.05) is 104 Å². The van der Waals surface area contributed by atoms with Crippen molar-refractivity contribution in [3.63, 3.8) is 0 Å². The molecular weight excluding hydrogens is 743 g/mol. The van der Waals surface area contributed by atoms with E-state index in [-0.39, 0.29) is 6.10 Å². The number of hydrogen-bond acceptors (Lipinski definition) is 15. The minimum Gasteiger partial charge on any atom is -0.377 e. The molecule has 0 aliphatic rings. The molecule has 0 bridgehead atoms. The van der Waals surface area contributed by atoms with Gasteiger partial charge in [-0.15, -0.1) is 0 Å². The maximum atomic E-state index is 6.57. The molecule has 0 fully saturated rings. The maximum absolute atomic E-state index is 6.57. The van der Waals surface area contributed by atoms with Crippen LogP contribution in [0.3, 0.4) is 0 Å². The Labute approximate surface area is 311 Å². The Morgan fingerprint density at radius 1 is 0.469 bits per heavy atom. The minimum absolute atomic E-state index is 0.251. The standard InChI is InChI=1S/C30H71NO12S2Si4/c1-12-37-48(38-13-2,39-14-3)27-19-23-44-45-24-20-28-49(40-15-4,41-16-5)43-30(6)29-42-47(35-10,36-11)26-18-22-31-21-17-25-46(32-7,33-8)34-9/h30-31H,12-29H2,1-11H3. The van der Waals surface area contributed by atoms with Crippen LogP contribution < -0.4 is 5.32 Å². The molecule has 0 saturated carbocycles. The molecule has 0 amide bonds. The summed E-state index contributed by atoms with van der Waals surface area (Å²) in [5, 5.41) is 3.48. The molecule has 49 heavy (non-hydrogen) atoms. The van der Waals surface area contributed by atoms with Crippen molar-refractivity contribution < 1.29 is 53.1 Å². The first-order valence-electron chi connectivity index (χ1n) is 17.8. The van der Waals surface area contributed by atoms with Gasteiger partial charge in [-0.25, -0.2) is 0 Å². The van der Waals surface area contributed by atoms with Gasteiger partial charge >= 0.3 is 35.2 Å². The van der Waals surface area contributed by atoms with E-state index in [2.05, 4.69) is 5.32 Å². The van der Waals surface area contributed by atoms with Crippen LogP contribution in [0.25, 0.3) is 0 Å². The maximum Gasteiger partial charge on any atom is 0.501 e. The van der Waals surface area contributed by atoms with E-state index in [0.717, 1.165) is 68.4 Å². The van der Waals surface area contributed by atoms with E-state index < -0.39 is 35.2 Å². The van der Waals surface area contributed by atoms with Crippen LogP contribution >= 0.6 is 21.6 Å². The molecule has 0 aromatic heterocycles. The Balaban J connectivity index is 4.79. The molecule has 0 radical (unpaired) electrons. The Kier molecular flexibility index (Phi) is 31.0. The second-order valence-electron chi connectivity index (χ2n) is 11.0. The van der Waals surface area contributed by atoms with Gasteiger partial charge in [-0.2, -0.15) is 0 Å². The molecule has 0 saturated heterocycles. The summed E-state index contributed by atoms with van der Waals surface area (Å²) >= 11 is 0. The van der Waals surface area contributed by atoms with Gasteiger partial charge in [0.15, 0.2) is 0 Å². The Morgan fingerprint density at radius 3 is 1.24 bits per heavy atom. The van der Waals surface area contributed by atoms with Gasteiger partial charge in [0.25, 0.3) is 0 Å². The third-order valence-corrected chi connectivity index (χ3v) is 22.0. The van der Waals surface area contributed by atoms with Crippen molar-refractivity contribution in [3.8, 4) is 0 Å². The smallest absolute Gasteiger partial charge is 0.377 e. The van der Waals surface area contributed by atoms with Crippen LogP contribution in [0, 0.1) is 0 Å². The van der Waals surface area contributed by atoms with Crippen molar-refractivity contribution in [2.75, 3.05) is 99.8 Å². The van der Waals surface area contributed by atoms with Crippen molar-refractivity contribution in [2.24, 2.45) is 0 Å². The van der Waals surface area contributed by atoms with Crippen molar-refractivity contribution >= 4 is 56.8 Å². The lowest BCUT2D eigenvalue weighted by molar-refractivity contribution is 0.00242. The molecule has 1 atom stereocenters. The molecule has 0 aromatic rings. The topological polar surface area (TPSA) is 123 Å². The van der Waals surface area contributed by atoms with Gasteiger partial charge in [-0.1, -0.05) is 21.6 Å². The normalized spacial score (nSPS) is 13.8. The fraction of sp³-hybridized carbons (Fsp3) is 1.00. The molecule has 19 heteroatoms. The molecule has 0 heterocycles. The van der Waals surface area contributed by atoms with E-state index in [1.54, 1.807) is 35.5 Å². The molecule has 296 valence electrons. The number of rotatable bonds is 37. The first kappa shape index (κ1) is 50.0. The lowest BCUT2D eigenvalue weighted by Gasteiger charge is -2.33. The van der Waals surface area contributed by atoms with Crippen LogP contribution in [-0.2, 0) is 53.1 Å². The second-order valence-corrected chi connectivity index (χ2v) is 25.1. The third kappa shape index (κ3) is 20.9. The van der Waals surface area contributed by atoms with Crippen molar-refractivity contribution in [1.82, 2.24) is 5.32 Å². The number of hydrogen-bond donors (Lipinski definition) is 1. The SMILES string of the molecule is CCO[Si](CCCSSCCC[Si](OCC)(OCC)OC(C)CO[Si](CCCNCCC[Si](OC)(OC)OC)(OC)OC)(OCC)OCC. The van der Waals surface area contributed by atoms with Crippen LogP contribution in [0.15, 0.2) is 0 Å². The number of nitrogens with one attached hydrogen (secondary N) is 1. The second kappa shape index (κ2) is 30.4. The van der Waals surface area contributed by atoms with Crippen LogP contribution in [0.2, 0.25) is 24.2 Å². The monoisotopic (exact) mass is 813 g/mol. The van der Waals surface area contributed by atoms with Gasteiger partial charge in [0.1, 0.15) is 0 Å². The molecule has 13 nitrogen and oxygen atoms in total. The molecule has 1 unspecified atom stereocenters. The van der Waals surface area contributed by atoms with Crippen LogP contribution in [0.4, 0.5) is 0 Å². The third-order valence-electron chi connectivity index (χ3n) is 7.47. The highest BCUT2D eigenvalue weighted by Crippen LogP contribution is 2.29. The van der Waals surface area contributed by atoms with E-state index in [4.69, 9.17) is 53.1 Å². The molecule has 0 aromatic carbocycles. The summed E-state index contributed by atoms with van der Waals surface area (Å²) in [5.41, 5.74) is 0. The van der Waals surface area contributed by atoms with Crippen LogP contribution in [0.5, 0.6) is 0 Å². The summed E-state index contributed by atoms with van der Waals surface area (Å²) in [4.78, 5) is 0. The zero-order valence-electron chi connectivity index (χ0n) is 32.5. The van der Waals surface area contributed by atoms with Crippen LogP contribution in [0.1, 0.15) is 67.2 Å². The van der Waals surface area contributed by atoms with Gasteiger partial charge < -0.3 is 58.4 Å². The van der Waals surface area contributed by atoms with Crippen molar-refractivity contribution in [3.05, 3.63) is 0 Å². The quantitative estimate of drug-likeness (QED) is 0.0441. The highest BCUT2D eigenvalue weighted by molar-refractivity contribution is 8.76. The first-order chi connectivity index (χ1) is 23.6. The summed E-state index contributed by atoms with van der Waals surface area (Å²) < 4.78 is 71.5. The molecule has 0 rings (SSSR count). The van der Waals surface area contributed by atoms with Gasteiger partial charge in [0.2, 0.25) is 0 Å². The summed E-state index contributed by atoms with van der Waals surface area (Å²) in [6.45, 7) is 16.8. The first-order valence-corrected chi connectivity index (χ1v) is 28.1. The zero-order valence-corrected chi connectivity index (χ0v) is 38.2. The molecule has 0 aliphatic carbocycles. The van der Waals surface area contributed by atoms with E-state index in [9.17, 15) is 0 Å². The largest absolute Gasteiger partial charge is 0.501 e. The van der Waals surface area contributed by atoms with E-state index in [1.807, 2.05) is 63.1 Å². The average Bonchev–Trinajstić information content (AvgIpc) is 3.09. The minimum atomic E-state index is -2.92. The Hall–Kier alpha value is 1.05. The molecular formula is C30H71NO12S2Si4. The highest BCUT2D eigenvalue weighted by Gasteiger charge is 2.44. The lowest BCUT2D eigenvalue weighted by atomic mass is 10.4. The van der Waals surface area contributed by atoms with E-state index in [0.29, 0.717) is 45.7 Å². The predicted octanol–water partition coefficient (Wildman–Crippen LogP) is 6.11. The fourth-order valence-electron chi connectivity index (χ4n) is 5.17. The molecule has 0 aliphatic heterocycles. The summed E-state index contributed by atoms with van der Waals surface area (Å²) in [5.74, 6) is 1.99. The summed E-state index contributed by atoms with van der Waals surface area (Å²) in [7, 11) is 1.07. The van der Waals surface area contributed by atoms with E-state index >= 15 is 0 Å². The van der Waals surface area contributed by atoms with Crippen molar-refractivity contribution in [1.29, 1.82) is 0 Å².